The van der Waals surface area contributed by atoms with Crippen molar-refractivity contribution in [1.29, 1.82) is 0 Å². The lowest BCUT2D eigenvalue weighted by Gasteiger charge is -2.33. The summed E-state index contributed by atoms with van der Waals surface area (Å²) < 4.78 is 0. The van der Waals surface area contributed by atoms with Gasteiger partial charge in [0.2, 0.25) is 11.9 Å². The Morgan fingerprint density at radius 2 is 1.73 bits per heavy atom. The van der Waals surface area contributed by atoms with Crippen LogP contribution in [0.4, 0.5) is 5.95 Å². The highest BCUT2D eigenvalue weighted by Gasteiger charge is 2.28. The van der Waals surface area contributed by atoms with Crippen LogP contribution in [-0.4, -0.2) is 39.8 Å². The second-order valence-corrected chi connectivity index (χ2v) is 7.43. The minimum Gasteiger partial charge on any atom is -0.368 e. The third kappa shape index (κ3) is 4.00. The van der Waals surface area contributed by atoms with Crippen LogP contribution in [0.2, 0.25) is 0 Å². The predicted octanol–water partition coefficient (Wildman–Crippen LogP) is 2.84. The van der Waals surface area contributed by atoms with Gasteiger partial charge in [-0.2, -0.15) is 0 Å². The number of nitrogens with zero attached hydrogens (tertiary/aromatic N) is 3. The van der Waals surface area contributed by atoms with E-state index in [1.165, 1.54) is 0 Å². The Bertz CT molecular complexity index is 1070. The molecule has 0 radical (unpaired) electrons. The van der Waals surface area contributed by atoms with Crippen LogP contribution >= 0.6 is 0 Å². The fourth-order valence-electron chi connectivity index (χ4n) is 3.91. The number of hydrogen-bond acceptors (Lipinski definition) is 5. The number of rotatable bonds is 4. The van der Waals surface area contributed by atoms with Crippen molar-refractivity contribution in [3.05, 3.63) is 77.6 Å². The lowest BCUT2D eigenvalue weighted by Crippen LogP contribution is -2.39. The van der Waals surface area contributed by atoms with Crippen molar-refractivity contribution in [3.8, 4) is 11.1 Å². The van der Waals surface area contributed by atoms with E-state index in [0.29, 0.717) is 24.2 Å². The Morgan fingerprint density at radius 3 is 2.43 bits per heavy atom. The molecule has 1 aliphatic rings. The van der Waals surface area contributed by atoms with E-state index in [0.717, 1.165) is 29.7 Å². The summed E-state index contributed by atoms with van der Waals surface area (Å²) in [5.74, 6) is -0.205. The molecule has 1 aliphatic heterocycles. The minimum absolute atomic E-state index is 0.0229. The number of amides is 2. The standard InChI is InChI=1S/C23H23N5O2/c24-21(29)16-10-8-15(9-11-16)19-13-26-23(25)27-20(19)18-7-4-12-28(14-18)22(30)17-5-2-1-3-6-17/h1-3,5-6,8-11,13,18H,4,7,12,14H2,(H2,24,29)(H2,25,26,27)/t18-/m0/s1. The summed E-state index contributed by atoms with van der Waals surface area (Å²) in [5.41, 5.74) is 14.9. The summed E-state index contributed by atoms with van der Waals surface area (Å²) in [7, 11) is 0. The van der Waals surface area contributed by atoms with Crippen molar-refractivity contribution in [1.82, 2.24) is 14.9 Å². The van der Waals surface area contributed by atoms with E-state index < -0.39 is 5.91 Å². The van der Waals surface area contributed by atoms with Gasteiger partial charge in [-0.25, -0.2) is 9.97 Å². The number of carbonyl (C=O) groups excluding carboxylic acids is 2. The van der Waals surface area contributed by atoms with Gasteiger partial charge in [0.15, 0.2) is 0 Å². The third-order valence-electron chi connectivity index (χ3n) is 5.43. The molecule has 2 amide bonds. The van der Waals surface area contributed by atoms with Crippen molar-refractivity contribution in [2.24, 2.45) is 5.73 Å². The first-order valence-corrected chi connectivity index (χ1v) is 9.90. The van der Waals surface area contributed by atoms with E-state index in [1.807, 2.05) is 47.4 Å². The number of anilines is 1. The topological polar surface area (TPSA) is 115 Å². The zero-order valence-electron chi connectivity index (χ0n) is 16.5. The molecule has 4 N–H and O–H groups in total. The first kappa shape index (κ1) is 19.6. The maximum atomic E-state index is 12.9. The predicted molar refractivity (Wildman–Crippen MR) is 115 cm³/mol. The number of carbonyl (C=O) groups is 2. The number of primary amides is 1. The summed E-state index contributed by atoms with van der Waals surface area (Å²) in [6, 6.07) is 16.3. The second kappa shape index (κ2) is 8.32. The van der Waals surface area contributed by atoms with Gasteiger partial charge in [0.25, 0.3) is 5.91 Å². The smallest absolute Gasteiger partial charge is 0.253 e. The molecule has 1 atom stereocenters. The lowest BCUT2D eigenvalue weighted by molar-refractivity contribution is 0.0706. The van der Waals surface area contributed by atoms with Crippen LogP contribution < -0.4 is 11.5 Å². The van der Waals surface area contributed by atoms with Crippen LogP contribution in [0.15, 0.2) is 60.8 Å². The Morgan fingerprint density at radius 1 is 1.00 bits per heavy atom. The van der Waals surface area contributed by atoms with Crippen LogP contribution in [-0.2, 0) is 0 Å². The summed E-state index contributed by atoms with van der Waals surface area (Å²) in [6.07, 6.45) is 3.49. The van der Waals surface area contributed by atoms with Crippen LogP contribution in [0, 0.1) is 0 Å². The molecule has 1 fully saturated rings. The molecule has 1 saturated heterocycles. The molecule has 0 unspecified atom stereocenters. The van der Waals surface area contributed by atoms with E-state index in [1.54, 1.807) is 18.3 Å². The van der Waals surface area contributed by atoms with Gasteiger partial charge in [-0.1, -0.05) is 30.3 Å². The molecule has 0 bridgehead atoms. The average molecular weight is 401 g/mol. The number of likely N-dealkylation sites (tertiary alicyclic amines) is 1. The Hall–Kier alpha value is -3.74. The summed E-state index contributed by atoms with van der Waals surface area (Å²) in [5, 5.41) is 0. The highest BCUT2D eigenvalue weighted by atomic mass is 16.2. The van der Waals surface area contributed by atoms with Crippen LogP contribution in [0.1, 0.15) is 45.2 Å². The quantitative estimate of drug-likeness (QED) is 0.697. The van der Waals surface area contributed by atoms with Gasteiger partial charge in [-0.15, -0.1) is 0 Å². The van der Waals surface area contributed by atoms with Gasteiger partial charge < -0.3 is 16.4 Å². The Labute approximate surface area is 174 Å². The number of benzene rings is 2. The van der Waals surface area contributed by atoms with Crippen LogP contribution in [0.5, 0.6) is 0 Å². The number of hydrogen-bond donors (Lipinski definition) is 2. The van der Waals surface area contributed by atoms with Crippen molar-refractivity contribution < 1.29 is 9.59 Å². The van der Waals surface area contributed by atoms with E-state index in [-0.39, 0.29) is 17.8 Å². The van der Waals surface area contributed by atoms with Crippen molar-refractivity contribution in [2.75, 3.05) is 18.8 Å². The minimum atomic E-state index is -0.474. The Kier molecular flexibility index (Phi) is 5.43. The Balaban J connectivity index is 1.64. The molecule has 1 aromatic heterocycles. The molecule has 2 heterocycles. The van der Waals surface area contributed by atoms with Crippen LogP contribution in [0.25, 0.3) is 11.1 Å². The molecular formula is C23H23N5O2. The lowest BCUT2D eigenvalue weighted by atomic mass is 9.89. The molecular weight excluding hydrogens is 378 g/mol. The molecule has 7 nitrogen and oxygen atoms in total. The summed E-state index contributed by atoms with van der Waals surface area (Å²) >= 11 is 0. The molecule has 7 heteroatoms. The third-order valence-corrected chi connectivity index (χ3v) is 5.43. The van der Waals surface area contributed by atoms with E-state index in [4.69, 9.17) is 11.5 Å². The number of nitrogens with two attached hydrogens (primary N) is 2. The van der Waals surface area contributed by atoms with Gasteiger partial charge in [-0.05, 0) is 42.7 Å². The molecule has 152 valence electrons. The van der Waals surface area contributed by atoms with Crippen LogP contribution in [0.3, 0.4) is 0 Å². The molecule has 3 aromatic rings. The van der Waals surface area contributed by atoms with E-state index >= 15 is 0 Å². The highest BCUT2D eigenvalue weighted by molar-refractivity contribution is 5.94. The largest absolute Gasteiger partial charge is 0.368 e. The van der Waals surface area contributed by atoms with Gasteiger partial charge in [0, 0.05) is 41.9 Å². The zero-order valence-corrected chi connectivity index (χ0v) is 16.5. The maximum absolute atomic E-state index is 12.9. The fourth-order valence-corrected chi connectivity index (χ4v) is 3.91. The molecule has 0 spiro atoms. The van der Waals surface area contributed by atoms with E-state index in [2.05, 4.69) is 9.97 Å². The molecule has 30 heavy (non-hydrogen) atoms. The first-order chi connectivity index (χ1) is 14.5. The van der Waals surface area contributed by atoms with Crippen molar-refractivity contribution in [2.45, 2.75) is 18.8 Å². The van der Waals surface area contributed by atoms with E-state index in [9.17, 15) is 9.59 Å². The zero-order chi connectivity index (χ0) is 21.1. The van der Waals surface area contributed by atoms with Gasteiger partial charge in [-0.3, -0.25) is 9.59 Å². The molecule has 0 aliphatic carbocycles. The van der Waals surface area contributed by atoms with Crippen molar-refractivity contribution in [3.63, 3.8) is 0 Å². The summed E-state index contributed by atoms with van der Waals surface area (Å²) in [6.45, 7) is 1.28. The number of nitrogen functional groups attached to an aromatic ring is 1. The second-order valence-electron chi connectivity index (χ2n) is 7.43. The average Bonchev–Trinajstić information content (AvgIpc) is 2.79. The number of aromatic nitrogens is 2. The summed E-state index contributed by atoms with van der Waals surface area (Å²) in [4.78, 5) is 34.9. The fraction of sp³-hybridized carbons (Fsp3) is 0.217. The highest BCUT2D eigenvalue weighted by Crippen LogP contribution is 2.33. The van der Waals surface area contributed by atoms with Gasteiger partial charge in [0.05, 0.1) is 5.69 Å². The van der Waals surface area contributed by atoms with Crippen molar-refractivity contribution >= 4 is 17.8 Å². The van der Waals surface area contributed by atoms with Gasteiger partial charge in [0.1, 0.15) is 0 Å². The molecule has 4 rings (SSSR count). The normalized spacial score (nSPS) is 16.3. The monoisotopic (exact) mass is 401 g/mol. The maximum Gasteiger partial charge on any atom is 0.253 e. The SMILES string of the molecule is NC(=O)c1ccc(-c2cnc(N)nc2[C@H]2CCCN(C(=O)c3ccccc3)C2)cc1. The molecule has 0 saturated carbocycles. The first-order valence-electron chi connectivity index (χ1n) is 9.90. The number of piperidine rings is 1. The van der Waals surface area contributed by atoms with Gasteiger partial charge >= 0.3 is 0 Å². The molecule has 2 aromatic carbocycles.